The lowest BCUT2D eigenvalue weighted by atomic mass is 10.1. The highest BCUT2D eigenvalue weighted by Gasteiger charge is 2.20. The lowest BCUT2D eigenvalue weighted by molar-refractivity contribution is -0.139. The number of rotatable bonds is 6. The number of benzene rings is 1. The van der Waals surface area contributed by atoms with Crippen LogP contribution in [0.3, 0.4) is 0 Å². The van der Waals surface area contributed by atoms with E-state index >= 15 is 0 Å². The molecule has 0 spiro atoms. The van der Waals surface area contributed by atoms with Gasteiger partial charge < -0.3 is 15.2 Å². The Hall–Kier alpha value is -2.04. The molecule has 0 heterocycles. The van der Waals surface area contributed by atoms with Gasteiger partial charge in [-0.2, -0.15) is 0 Å². The third kappa shape index (κ3) is 3.48. The molecule has 5 nitrogen and oxygen atoms in total. The number of amides is 1. The first kappa shape index (κ1) is 14.0. The second-order valence-electron chi connectivity index (χ2n) is 3.70. The number of hydrogen-bond donors (Lipinski definition) is 2. The van der Waals surface area contributed by atoms with Crippen LogP contribution >= 0.6 is 0 Å². The van der Waals surface area contributed by atoms with Crippen LogP contribution in [0.1, 0.15) is 30.6 Å². The summed E-state index contributed by atoms with van der Waals surface area (Å²) in [4.78, 5) is 22.8. The van der Waals surface area contributed by atoms with Crippen LogP contribution in [0.25, 0.3) is 0 Å². The molecule has 0 aliphatic carbocycles. The fourth-order valence-electron chi connectivity index (χ4n) is 1.51. The summed E-state index contributed by atoms with van der Waals surface area (Å²) in [6.07, 6.45) is 0.331. The molecule has 0 fully saturated rings. The van der Waals surface area contributed by atoms with E-state index in [2.05, 4.69) is 5.32 Å². The molecule has 0 unspecified atom stereocenters. The normalized spacial score (nSPS) is 11.7. The van der Waals surface area contributed by atoms with Gasteiger partial charge in [0, 0.05) is 0 Å². The number of carboxylic acids is 1. The molecule has 1 amide bonds. The second-order valence-corrected chi connectivity index (χ2v) is 3.70. The molecule has 1 aromatic carbocycles. The molecule has 0 aliphatic heterocycles. The van der Waals surface area contributed by atoms with Crippen molar-refractivity contribution in [2.75, 3.05) is 6.61 Å². The van der Waals surface area contributed by atoms with Gasteiger partial charge in [0.1, 0.15) is 11.8 Å². The van der Waals surface area contributed by atoms with Crippen molar-refractivity contribution >= 4 is 11.9 Å². The molecule has 0 radical (unpaired) electrons. The zero-order chi connectivity index (χ0) is 13.5. The van der Waals surface area contributed by atoms with Crippen molar-refractivity contribution in [1.29, 1.82) is 0 Å². The maximum Gasteiger partial charge on any atom is 0.326 e. The Labute approximate surface area is 106 Å². The smallest absolute Gasteiger partial charge is 0.326 e. The van der Waals surface area contributed by atoms with E-state index in [1.54, 1.807) is 31.2 Å². The Morgan fingerprint density at radius 3 is 2.56 bits per heavy atom. The van der Waals surface area contributed by atoms with Crippen molar-refractivity contribution in [2.24, 2.45) is 0 Å². The molecular formula is C13H17NO4. The van der Waals surface area contributed by atoms with Gasteiger partial charge in [0.15, 0.2) is 0 Å². The van der Waals surface area contributed by atoms with Crippen LogP contribution < -0.4 is 10.1 Å². The number of carbonyl (C=O) groups excluding carboxylic acids is 1. The molecule has 1 rings (SSSR count). The van der Waals surface area contributed by atoms with E-state index in [1.807, 2.05) is 6.92 Å². The highest BCUT2D eigenvalue weighted by Crippen LogP contribution is 2.17. The fraction of sp³-hybridized carbons (Fsp3) is 0.385. The molecule has 5 heteroatoms. The SMILES string of the molecule is CCOc1ccccc1C(=O)N[C@H](CC)C(=O)O. The van der Waals surface area contributed by atoms with Gasteiger partial charge in [0.25, 0.3) is 5.91 Å². The minimum atomic E-state index is -1.04. The molecule has 18 heavy (non-hydrogen) atoms. The van der Waals surface area contributed by atoms with Crippen LogP contribution in [0.2, 0.25) is 0 Å². The number of carbonyl (C=O) groups is 2. The van der Waals surface area contributed by atoms with E-state index in [-0.39, 0.29) is 0 Å². The first-order valence-electron chi connectivity index (χ1n) is 5.85. The van der Waals surface area contributed by atoms with Crippen molar-refractivity contribution < 1.29 is 19.4 Å². The third-order valence-corrected chi connectivity index (χ3v) is 2.44. The summed E-state index contributed by atoms with van der Waals surface area (Å²) in [6.45, 7) is 3.97. The molecule has 0 aromatic heterocycles. The topological polar surface area (TPSA) is 75.6 Å². The third-order valence-electron chi connectivity index (χ3n) is 2.44. The van der Waals surface area contributed by atoms with Crippen molar-refractivity contribution in [3.8, 4) is 5.75 Å². The Bertz CT molecular complexity index is 431. The Morgan fingerprint density at radius 1 is 1.33 bits per heavy atom. The quantitative estimate of drug-likeness (QED) is 0.806. The van der Waals surface area contributed by atoms with Gasteiger partial charge in [-0.15, -0.1) is 0 Å². The zero-order valence-corrected chi connectivity index (χ0v) is 10.5. The second kappa shape index (κ2) is 6.64. The number of hydrogen-bond acceptors (Lipinski definition) is 3. The Morgan fingerprint density at radius 2 is 2.00 bits per heavy atom. The molecule has 1 aromatic rings. The molecule has 0 bridgehead atoms. The minimum absolute atomic E-state index is 0.331. The molecule has 0 aliphatic rings. The lowest BCUT2D eigenvalue weighted by Gasteiger charge is -2.14. The lowest BCUT2D eigenvalue weighted by Crippen LogP contribution is -2.40. The van der Waals surface area contributed by atoms with Crippen molar-refractivity contribution in [2.45, 2.75) is 26.3 Å². The number of para-hydroxylation sites is 1. The van der Waals surface area contributed by atoms with Crippen LogP contribution in [0.4, 0.5) is 0 Å². The highest BCUT2D eigenvalue weighted by atomic mass is 16.5. The summed E-state index contributed by atoms with van der Waals surface area (Å²) in [7, 11) is 0. The first-order valence-corrected chi connectivity index (χ1v) is 5.85. The van der Waals surface area contributed by atoms with Gasteiger partial charge >= 0.3 is 5.97 Å². The number of ether oxygens (including phenoxy) is 1. The van der Waals surface area contributed by atoms with Gasteiger partial charge in [-0.1, -0.05) is 19.1 Å². The number of aliphatic carboxylic acids is 1. The van der Waals surface area contributed by atoms with E-state index < -0.39 is 17.9 Å². The molecule has 2 N–H and O–H groups in total. The standard InChI is InChI=1S/C13H17NO4/c1-3-10(13(16)17)14-12(15)9-7-5-6-8-11(9)18-4-2/h5-8,10H,3-4H2,1-2H3,(H,14,15)(H,16,17)/t10-/m1/s1. The molecule has 0 saturated carbocycles. The van der Waals surface area contributed by atoms with Crippen LogP contribution in [0.15, 0.2) is 24.3 Å². The van der Waals surface area contributed by atoms with Gasteiger partial charge in [0.2, 0.25) is 0 Å². The van der Waals surface area contributed by atoms with Gasteiger partial charge in [-0.25, -0.2) is 4.79 Å². The number of carboxylic acid groups (broad SMARTS) is 1. The Balaban J connectivity index is 2.86. The van der Waals surface area contributed by atoms with E-state index in [9.17, 15) is 9.59 Å². The van der Waals surface area contributed by atoms with Crippen molar-refractivity contribution in [3.63, 3.8) is 0 Å². The predicted molar refractivity (Wildman–Crippen MR) is 66.8 cm³/mol. The van der Waals surface area contributed by atoms with Crippen LogP contribution in [-0.2, 0) is 4.79 Å². The van der Waals surface area contributed by atoms with Crippen LogP contribution in [0.5, 0.6) is 5.75 Å². The van der Waals surface area contributed by atoms with E-state index in [0.717, 1.165) is 0 Å². The monoisotopic (exact) mass is 251 g/mol. The maximum atomic E-state index is 12.0. The highest BCUT2D eigenvalue weighted by molar-refractivity contribution is 5.98. The summed E-state index contributed by atoms with van der Waals surface area (Å²) in [5.41, 5.74) is 0.346. The van der Waals surface area contributed by atoms with Gasteiger partial charge in [-0.3, -0.25) is 4.79 Å². The molecular weight excluding hydrogens is 234 g/mol. The van der Waals surface area contributed by atoms with Crippen LogP contribution in [-0.4, -0.2) is 29.6 Å². The maximum absolute atomic E-state index is 12.0. The molecule has 98 valence electrons. The zero-order valence-electron chi connectivity index (χ0n) is 10.5. The van der Waals surface area contributed by atoms with Crippen molar-refractivity contribution in [1.82, 2.24) is 5.32 Å². The minimum Gasteiger partial charge on any atom is -0.493 e. The predicted octanol–water partition coefficient (Wildman–Crippen LogP) is 1.68. The Kier molecular flexibility index (Phi) is 5.17. The summed E-state index contributed by atoms with van der Waals surface area (Å²) >= 11 is 0. The summed E-state index contributed by atoms with van der Waals surface area (Å²) < 4.78 is 5.33. The number of nitrogens with one attached hydrogen (secondary N) is 1. The average Bonchev–Trinajstić information content (AvgIpc) is 2.36. The van der Waals surface area contributed by atoms with E-state index in [0.29, 0.717) is 24.3 Å². The largest absolute Gasteiger partial charge is 0.493 e. The van der Waals surface area contributed by atoms with Crippen molar-refractivity contribution in [3.05, 3.63) is 29.8 Å². The summed E-state index contributed by atoms with van der Waals surface area (Å²) in [5, 5.41) is 11.4. The van der Waals surface area contributed by atoms with Gasteiger partial charge in [-0.05, 0) is 25.5 Å². The van der Waals surface area contributed by atoms with Gasteiger partial charge in [0.05, 0.1) is 12.2 Å². The summed E-state index contributed by atoms with van der Waals surface area (Å²) in [6, 6.07) is 5.87. The molecule has 1 atom stereocenters. The van der Waals surface area contributed by atoms with E-state index in [4.69, 9.17) is 9.84 Å². The van der Waals surface area contributed by atoms with E-state index in [1.165, 1.54) is 0 Å². The van der Waals surface area contributed by atoms with Crippen LogP contribution in [0, 0.1) is 0 Å². The average molecular weight is 251 g/mol. The summed E-state index contributed by atoms with van der Waals surface area (Å²) in [5.74, 6) is -1.02. The fourth-order valence-corrected chi connectivity index (χ4v) is 1.51. The molecule has 0 saturated heterocycles. The first-order chi connectivity index (χ1) is 8.60.